The van der Waals surface area contributed by atoms with E-state index < -0.39 is 34.5 Å². The zero-order valence-corrected chi connectivity index (χ0v) is 26.2. The fourth-order valence-corrected chi connectivity index (χ4v) is 5.98. The Morgan fingerprint density at radius 2 is 1.55 bits per heavy atom. The molecule has 0 spiro atoms. The SMILES string of the molecule is CCN(CC)c1ccc(/C=c2\s/c(=C(/C#N)C(O)=Nc3ccc(Oc4ccccc4)cc3)n(-c3ccccc3C(F)(F)F)c2=O)cc1. The van der Waals surface area contributed by atoms with Crippen molar-refractivity contribution in [2.24, 2.45) is 4.99 Å². The van der Waals surface area contributed by atoms with E-state index in [1.165, 1.54) is 12.1 Å². The quantitative estimate of drug-likeness (QED) is 0.133. The van der Waals surface area contributed by atoms with E-state index in [-0.39, 0.29) is 14.9 Å². The van der Waals surface area contributed by atoms with Gasteiger partial charge in [0.2, 0.25) is 5.90 Å². The summed E-state index contributed by atoms with van der Waals surface area (Å²) in [6.07, 6.45) is -3.25. The van der Waals surface area contributed by atoms with Gasteiger partial charge in [0.15, 0.2) is 0 Å². The Kier molecular flexibility index (Phi) is 9.92. The second-order valence-electron chi connectivity index (χ2n) is 10.2. The van der Waals surface area contributed by atoms with Crippen molar-refractivity contribution in [2.45, 2.75) is 20.0 Å². The average Bonchev–Trinajstić information content (AvgIpc) is 3.38. The first-order chi connectivity index (χ1) is 22.6. The van der Waals surface area contributed by atoms with Crippen molar-refractivity contribution >= 4 is 40.3 Å². The number of rotatable bonds is 9. The van der Waals surface area contributed by atoms with Crippen LogP contribution in [-0.2, 0) is 6.18 Å². The molecule has 11 heteroatoms. The molecule has 0 bridgehead atoms. The van der Waals surface area contributed by atoms with Gasteiger partial charge in [0.05, 0.1) is 21.5 Å². The van der Waals surface area contributed by atoms with E-state index in [0.29, 0.717) is 17.1 Å². The maximum absolute atomic E-state index is 14.1. The highest BCUT2D eigenvalue weighted by atomic mass is 32.1. The van der Waals surface area contributed by atoms with Crippen molar-refractivity contribution in [3.63, 3.8) is 0 Å². The molecule has 1 aromatic heterocycles. The molecule has 0 unspecified atom stereocenters. The molecule has 0 atom stereocenters. The lowest BCUT2D eigenvalue weighted by Gasteiger charge is -2.20. The van der Waals surface area contributed by atoms with Gasteiger partial charge in [0.25, 0.3) is 5.56 Å². The van der Waals surface area contributed by atoms with Crippen molar-refractivity contribution in [2.75, 3.05) is 18.0 Å². The van der Waals surface area contributed by atoms with Crippen molar-refractivity contribution in [1.29, 1.82) is 5.26 Å². The van der Waals surface area contributed by atoms with Gasteiger partial charge < -0.3 is 14.7 Å². The van der Waals surface area contributed by atoms with E-state index in [1.807, 2.05) is 50.2 Å². The molecule has 0 aliphatic rings. The predicted molar refractivity (Wildman–Crippen MR) is 179 cm³/mol. The summed E-state index contributed by atoms with van der Waals surface area (Å²) >= 11 is 0.787. The number of aliphatic hydroxyl groups is 1. The predicted octanol–water partition coefficient (Wildman–Crippen LogP) is 7.35. The molecule has 7 nitrogen and oxygen atoms in total. The summed E-state index contributed by atoms with van der Waals surface area (Å²) in [5, 5.41) is 21.2. The number of aliphatic imine (C=N–C) groups is 1. The Hall–Kier alpha value is -5.60. The molecular weight excluding hydrogens is 625 g/mol. The van der Waals surface area contributed by atoms with Gasteiger partial charge in [-0.1, -0.05) is 42.5 Å². The minimum atomic E-state index is -4.80. The number of ether oxygens (including phenoxy) is 1. The van der Waals surface area contributed by atoms with E-state index >= 15 is 0 Å². The molecule has 5 aromatic rings. The van der Waals surface area contributed by atoms with Gasteiger partial charge in [0, 0.05) is 18.8 Å². The van der Waals surface area contributed by atoms with Crippen molar-refractivity contribution in [3.05, 3.63) is 134 Å². The van der Waals surface area contributed by atoms with Gasteiger partial charge in [-0.25, -0.2) is 4.99 Å². The number of nitrogens with zero attached hydrogens (tertiary/aromatic N) is 4. The van der Waals surface area contributed by atoms with Crippen LogP contribution in [0.25, 0.3) is 17.3 Å². The third-order valence-corrected chi connectivity index (χ3v) is 8.29. The largest absolute Gasteiger partial charge is 0.492 e. The van der Waals surface area contributed by atoms with Crippen LogP contribution in [-0.4, -0.2) is 28.7 Å². The summed E-state index contributed by atoms with van der Waals surface area (Å²) in [5.41, 5.74) is -0.929. The van der Waals surface area contributed by atoms with Gasteiger partial charge >= 0.3 is 6.18 Å². The highest BCUT2D eigenvalue weighted by molar-refractivity contribution is 7.07. The Bertz CT molecular complexity index is 2110. The zero-order chi connectivity index (χ0) is 33.6. The summed E-state index contributed by atoms with van der Waals surface area (Å²) in [5.74, 6) is 0.355. The van der Waals surface area contributed by atoms with E-state index in [0.717, 1.165) is 46.8 Å². The number of aromatic nitrogens is 1. The number of nitriles is 1. The summed E-state index contributed by atoms with van der Waals surface area (Å²) in [6.45, 7) is 5.69. The van der Waals surface area contributed by atoms with Gasteiger partial charge in [-0.2, -0.15) is 18.4 Å². The first kappa shape index (κ1) is 32.8. The van der Waals surface area contributed by atoms with Crippen molar-refractivity contribution in [3.8, 4) is 23.3 Å². The van der Waals surface area contributed by atoms with Crippen LogP contribution in [0.3, 0.4) is 0 Å². The smallest absolute Gasteiger partial charge is 0.418 e. The molecule has 0 saturated carbocycles. The molecular formula is C36H29F3N4O3S. The highest BCUT2D eigenvalue weighted by Crippen LogP contribution is 2.33. The third kappa shape index (κ3) is 7.45. The van der Waals surface area contributed by atoms with Gasteiger partial charge in [-0.3, -0.25) is 9.36 Å². The fourth-order valence-electron chi connectivity index (χ4n) is 4.88. The molecule has 0 amide bonds. The number of anilines is 1. The standard InChI is InChI=1S/C36H29F3N4O3S/c1-3-42(4-2)26-18-14-24(15-19-26)22-32-34(45)43(31-13-9-8-12-30(31)36(37,38)39)35(47-32)29(23-40)33(44)41-25-16-20-28(21-17-25)46-27-10-6-5-7-11-27/h5-22H,3-4H2,1-2H3,(H,41,44)/b32-22-,35-29-. The number of thiazole rings is 1. The minimum absolute atomic E-state index is 0.0653. The Morgan fingerprint density at radius 3 is 2.17 bits per heavy atom. The van der Waals surface area contributed by atoms with Gasteiger partial charge in [0.1, 0.15) is 27.8 Å². The number of para-hydroxylation sites is 2. The van der Waals surface area contributed by atoms with Crippen molar-refractivity contribution in [1.82, 2.24) is 4.57 Å². The van der Waals surface area contributed by atoms with Gasteiger partial charge in [-0.05, 0) is 86.2 Å². The van der Waals surface area contributed by atoms with Gasteiger partial charge in [-0.15, -0.1) is 11.3 Å². The van der Waals surface area contributed by atoms with Crippen LogP contribution in [0, 0.1) is 11.3 Å². The fraction of sp³-hybridized carbons (Fsp3) is 0.139. The second kappa shape index (κ2) is 14.2. The number of hydrogen-bond acceptors (Lipinski definition) is 6. The lowest BCUT2D eigenvalue weighted by Crippen LogP contribution is -2.33. The summed E-state index contributed by atoms with van der Waals surface area (Å²) in [4.78, 5) is 20.1. The molecule has 4 aromatic carbocycles. The summed E-state index contributed by atoms with van der Waals surface area (Å²) in [7, 11) is 0. The van der Waals surface area contributed by atoms with E-state index in [4.69, 9.17) is 4.74 Å². The average molecular weight is 655 g/mol. The monoisotopic (exact) mass is 654 g/mol. The van der Waals surface area contributed by atoms with E-state index in [2.05, 4.69) is 9.89 Å². The number of alkyl halides is 3. The molecule has 0 aliphatic carbocycles. The molecule has 0 fully saturated rings. The van der Waals surface area contributed by atoms with Crippen LogP contribution in [0.4, 0.5) is 24.5 Å². The molecule has 0 saturated heterocycles. The Labute approximate surface area is 272 Å². The molecule has 0 radical (unpaired) electrons. The minimum Gasteiger partial charge on any atom is -0.492 e. The molecule has 5 rings (SSSR count). The highest BCUT2D eigenvalue weighted by Gasteiger charge is 2.34. The van der Waals surface area contributed by atoms with Crippen LogP contribution >= 0.6 is 11.3 Å². The molecule has 1 heterocycles. The maximum atomic E-state index is 14.1. The molecule has 0 aliphatic heterocycles. The number of hydrogen-bond donors (Lipinski definition) is 1. The Morgan fingerprint density at radius 1 is 0.936 bits per heavy atom. The van der Waals surface area contributed by atoms with Crippen LogP contribution in [0.5, 0.6) is 11.5 Å². The van der Waals surface area contributed by atoms with Crippen LogP contribution in [0.15, 0.2) is 113 Å². The van der Waals surface area contributed by atoms with E-state index in [9.17, 15) is 28.3 Å². The second-order valence-corrected chi connectivity index (χ2v) is 11.2. The normalized spacial score (nSPS) is 12.9. The maximum Gasteiger partial charge on any atom is 0.418 e. The molecule has 238 valence electrons. The first-order valence-electron chi connectivity index (χ1n) is 14.6. The number of aliphatic hydroxyl groups excluding tert-OH is 1. The Balaban J connectivity index is 1.66. The lowest BCUT2D eigenvalue weighted by molar-refractivity contribution is -0.137. The van der Waals surface area contributed by atoms with Crippen molar-refractivity contribution < 1.29 is 23.0 Å². The summed E-state index contributed by atoms with van der Waals surface area (Å²) < 4.78 is 48.8. The first-order valence-corrected chi connectivity index (χ1v) is 15.4. The zero-order valence-electron chi connectivity index (χ0n) is 25.4. The van der Waals surface area contributed by atoms with Crippen LogP contribution < -0.4 is 24.4 Å². The number of halogens is 3. The lowest BCUT2D eigenvalue weighted by atomic mass is 10.1. The summed E-state index contributed by atoms with van der Waals surface area (Å²) in [6, 6.07) is 29.3. The molecule has 47 heavy (non-hydrogen) atoms. The third-order valence-electron chi connectivity index (χ3n) is 7.19. The number of benzene rings is 4. The van der Waals surface area contributed by atoms with Crippen LogP contribution in [0.2, 0.25) is 0 Å². The molecule has 1 N–H and O–H groups in total. The van der Waals surface area contributed by atoms with E-state index in [1.54, 1.807) is 54.6 Å². The van der Waals surface area contributed by atoms with Crippen LogP contribution in [0.1, 0.15) is 25.0 Å². The topological polar surface area (TPSA) is 90.8 Å².